The van der Waals surface area contributed by atoms with Crippen LogP contribution in [0.4, 0.5) is 0 Å². The third-order valence-electron chi connectivity index (χ3n) is 7.64. The monoisotopic (exact) mass is 606 g/mol. The van der Waals surface area contributed by atoms with Crippen LogP contribution in [-0.4, -0.2) is 29.6 Å². The molecular weight excluding hydrogens is 579 g/mol. The van der Waals surface area contributed by atoms with Gasteiger partial charge >= 0.3 is 0 Å². The van der Waals surface area contributed by atoms with Crippen molar-refractivity contribution in [3.8, 4) is 11.5 Å². The molecule has 2 bridgehead atoms. The standard InChI is InChI=1S/C30H27IN2O4/c1-2-36-25-15-18(16-32-33-29(34)26-20-10-11-21(13-12-20)27(26)30(33)35)14-24(31)28(25)37-17-22-8-5-7-19-6-3-4-9-23(19)22/h3-11,14-16,20-21,26-27H,2,12-13,17H2,1H3/b32-16-/t20-,21-,26-,27-/m0/s1. The maximum atomic E-state index is 13.1. The van der Waals surface area contributed by atoms with E-state index in [0.717, 1.165) is 37.9 Å². The lowest BCUT2D eigenvalue weighted by atomic mass is 9.63. The van der Waals surface area contributed by atoms with Crippen molar-refractivity contribution in [3.05, 3.63) is 81.4 Å². The second-order valence-corrected chi connectivity index (χ2v) is 10.9. The minimum atomic E-state index is -0.266. The average Bonchev–Trinajstić information content (AvgIpc) is 3.19. The van der Waals surface area contributed by atoms with Crippen LogP contribution in [-0.2, 0) is 16.2 Å². The first-order valence-corrected chi connectivity index (χ1v) is 13.8. The van der Waals surface area contributed by atoms with Gasteiger partial charge < -0.3 is 9.47 Å². The Bertz CT molecular complexity index is 1410. The number of allylic oxidation sites excluding steroid dienone is 2. The van der Waals surface area contributed by atoms with Gasteiger partial charge in [-0.05, 0) is 88.2 Å². The molecule has 7 rings (SSSR count). The fourth-order valence-electron chi connectivity index (χ4n) is 5.93. The molecule has 4 atom stereocenters. The van der Waals surface area contributed by atoms with Crippen molar-refractivity contribution in [3.63, 3.8) is 0 Å². The highest BCUT2D eigenvalue weighted by molar-refractivity contribution is 14.1. The van der Waals surface area contributed by atoms with Crippen LogP contribution < -0.4 is 9.47 Å². The Morgan fingerprint density at radius 1 is 0.973 bits per heavy atom. The van der Waals surface area contributed by atoms with E-state index < -0.39 is 0 Å². The van der Waals surface area contributed by atoms with Gasteiger partial charge in [0, 0.05) is 0 Å². The number of halogens is 1. The zero-order valence-electron chi connectivity index (χ0n) is 20.5. The van der Waals surface area contributed by atoms with E-state index in [2.05, 4.69) is 64.1 Å². The number of hydrogen-bond acceptors (Lipinski definition) is 5. The van der Waals surface area contributed by atoms with E-state index in [4.69, 9.17) is 9.47 Å². The SMILES string of the molecule is CCOc1cc(/C=N\N2C(=O)[C@@H]3[C@@H](C2=O)[C@H]2C=C[C@H]3CC2)cc(I)c1OCc1cccc2ccccc12. The first-order chi connectivity index (χ1) is 18.0. The van der Waals surface area contributed by atoms with Gasteiger partial charge in [-0.25, -0.2) is 0 Å². The summed E-state index contributed by atoms with van der Waals surface area (Å²) in [7, 11) is 0. The Morgan fingerprint density at radius 3 is 2.38 bits per heavy atom. The summed E-state index contributed by atoms with van der Waals surface area (Å²) < 4.78 is 13.0. The first kappa shape index (κ1) is 24.2. The highest BCUT2D eigenvalue weighted by Gasteiger charge is 2.56. The summed E-state index contributed by atoms with van der Waals surface area (Å²) in [5, 5.41) is 7.78. The molecule has 0 N–H and O–H groups in total. The predicted molar refractivity (Wildman–Crippen MR) is 150 cm³/mol. The van der Waals surface area contributed by atoms with Gasteiger partial charge in [-0.2, -0.15) is 10.1 Å². The van der Waals surface area contributed by atoms with Gasteiger partial charge in [0.25, 0.3) is 11.8 Å². The molecule has 0 unspecified atom stereocenters. The van der Waals surface area contributed by atoms with Crippen molar-refractivity contribution < 1.29 is 19.1 Å². The lowest BCUT2D eigenvalue weighted by molar-refractivity contribution is -0.140. The normalized spacial score (nSPS) is 24.3. The zero-order valence-corrected chi connectivity index (χ0v) is 22.6. The maximum absolute atomic E-state index is 13.1. The van der Waals surface area contributed by atoms with Crippen molar-refractivity contribution in [2.45, 2.75) is 26.4 Å². The fourth-order valence-corrected chi connectivity index (χ4v) is 6.71. The van der Waals surface area contributed by atoms with Crippen LogP contribution in [0.2, 0.25) is 0 Å². The third-order valence-corrected chi connectivity index (χ3v) is 8.44. The van der Waals surface area contributed by atoms with Crippen molar-refractivity contribution in [1.29, 1.82) is 0 Å². The molecule has 1 saturated carbocycles. The van der Waals surface area contributed by atoms with Crippen molar-refractivity contribution in [2.24, 2.45) is 28.8 Å². The minimum Gasteiger partial charge on any atom is -0.490 e. The summed E-state index contributed by atoms with van der Waals surface area (Å²) in [5.74, 6) is 0.668. The molecule has 3 aromatic carbocycles. The number of carbonyl (C=O) groups is 2. The third kappa shape index (κ3) is 4.33. The molecule has 1 heterocycles. The molecule has 6 nitrogen and oxygen atoms in total. The van der Waals surface area contributed by atoms with E-state index in [1.54, 1.807) is 6.21 Å². The maximum Gasteiger partial charge on any atom is 0.254 e. The molecule has 0 spiro atoms. The van der Waals surface area contributed by atoms with E-state index in [9.17, 15) is 9.59 Å². The molecule has 188 valence electrons. The van der Waals surface area contributed by atoms with E-state index >= 15 is 0 Å². The number of rotatable bonds is 7. The number of fused-ring (bicyclic) bond motifs is 2. The topological polar surface area (TPSA) is 68.2 Å². The predicted octanol–water partition coefficient (Wildman–Crippen LogP) is 5.95. The van der Waals surface area contributed by atoms with Crippen LogP contribution in [0.15, 0.2) is 71.9 Å². The van der Waals surface area contributed by atoms with E-state index in [1.807, 2.05) is 37.3 Å². The van der Waals surface area contributed by atoms with Crippen molar-refractivity contribution in [2.75, 3.05) is 6.61 Å². The van der Waals surface area contributed by atoms with E-state index in [-0.39, 0.29) is 35.5 Å². The highest BCUT2D eigenvalue weighted by Crippen LogP contribution is 2.49. The fraction of sp³-hybridized carbons (Fsp3) is 0.300. The van der Waals surface area contributed by atoms with Crippen LogP contribution >= 0.6 is 22.6 Å². The van der Waals surface area contributed by atoms with Crippen LogP contribution in [0.1, 0.15) is 30.9 Å². The van der Waals surface area contributed by atoms with Crippen molar-refractivity contribution in [1.82, 2.24) is 5.01 Å². The molecule has 4 aliphatic rings. The lowest BCUT2D eigenvalue weighted by Crippen LogP contribution is -2.38. The number of hydrazone groups is 1. The van der Waals surface area contributed by atoms with Gasteiger partial charge in [0.15, 0.2) is 11.5 Å². The first-order valence-electron chi connectivity index (χ1n) is 12.7. The summed E-state index contributed by atoms with van der Waals surface area (Å²) in [5.41, 5.74) is 1.83. The number of nitrogens with zero attached hydrogens (tertiary/aromatic N) is 2. The Labute approximate surface area is 229 Å². The second kappa shape index (κ2) is 9.93. The Morgan fingerprint density at radius 2 is 1.68 bits per heavy atom. The molecule has 1 aliphatic heterocycles. The summed E-state index contributed by atoms with van der Waals surface area (Å²) in [6.07, 6.45) is 7.73. The number of imide groups is 1. The smallest absolute Gasteiger partial charge is 0.254 e. The quantitative estimate of drug-likeness (QED) is 0.144. The molecule has 0 radical (unpaired) electrons. The van der Waals surface area contributed by atoms with Crippen LogP contribution in [0.25, 0.3) is 10.8 Å². The van der Waals surface area contributed by atoms with E-state index in [1.165, 1.54) is 5.39 Å². The Balaban J connectivity index is 1.24. The molecule has 2 amide bonds. The average molecular weight is 606 g/mol. The Kier molecular flexibility index (Phi) is 6.48. The number of carbonyl (C=O) groups excluding carboxylic acids is 2. The second-order valence-electron chi connectivity index (χ2n) is 9.76. The highest BCUT2D eigenvalue weighted by atomic mass is 127. The molecule has 3 aromatic rings. The summed E-state index contributed by atoms with van der Waals surface area (Å²) in [6, 6.07) is 18.2. The van der Waals surface area contributed by atoms with Crippen LogP contribution in [0, 0.1) is 27.2 Å². The zero-order chi connectivity index (χ0) is 25.5. The van der Waals surface area contributed by atoms with Gasteiger partial charge in [-0.15, -0.1) is 0 Å². The van der Waals surface area contributed by atoms with Gasteiger partial charge in [-0.1, -0.05) is 54.6 Å². The largest absolute Gasteiger partial charge is 0.490 e. The number of hydrogen-bond donors (Lipinski definition) is 0. The van der Waals surface area contributed by atoms with Crippen LogP contribution in [0.3, 0.4) is 0 Å². The number of amides is 2. The van der Waals surface area contributed by atoms with E-state index in [0.29, 0.717) is 24.7 Å². The molecule has 1 saturated heterocycles. The van der Waals surface area contributed by atoms with Crippen molar-refractivity contribution >= 4 is 51.4 Å². The van der Waals surface area contributed by atoms with Gasteiger partial charge in [0.2, 0.25) is 0 Å². The molecular formula is C30H27IN2O4. The van der Waals surface area contributed by atoms with Crippen LogP contribution in [0.5, 0.6) is 11.5 Å². The van der Waals surface area contributed by atoms with Gasteiger partial charge in [0.1, 0.15) is 6.61 Å². The molecule has 7 heteroatoms. The summed E-state index contributed by atoms with van der Waals surface area (Å²) in [4.78, 5) is 26.2. The Hall–Kier alpha value is -3.20. The summed E-state index contributed by atoms with van der Waals surface area (Å²) in [6.45, 7) is 2.80. The number of ether oxygens (including phenoxy) is 2. The molecule has 0 aromatic heterocycles. The lowest BCUT2D eigenvalue weighted by Gasteiger charge is -2.37. The molecule has 2 fully saturated rings. The molecule has 3 aliphatic carbocycles. The summed E-state index contributed by atoms with van der Waals surface area (Å²) >= 11 is 2.23. The van der Waals surface area contributed by atoms with Gasteiger partial charge in [0.05, 0.1) is 28.2 Å². The molecule has 37 heavy (non-hydrogen) atoms. The minimum absolute atomic E-state index is 0.148. The number of benzene rings is 3. The van der Waals surface area contributed by atoms with Gasteiger partial charge in [-0.3, -0.25) is 9.59 Å².